The monoisotopic (exact) mass is 156 g/mol. The summed E-state index contributed by atoms with van der Waals surface area (Å²) in [7, 11) is 0. The van der Waals surface area contributed by atoms with E-state index >= 15 is 0 Å². The lowest BCUT2D eigenvalue weighted by atomic mass is 10.1. The predicted molar refractivity (Wildman–Crippen MR) is 42.0 cm³/mol. The SMILES string of the molecule is C=C(C)C(=C)CN(O)C(N)=O. The first-order valence-corrected chi connectivity index (χ1v) is 3.04. The van der Waals surface area contributed by atoms with Crippen molar-refractivity contribution in [1.82, 2.24) is 5.06 Å². The van der Waals surface area contributed by atoms with Gasteiger partial charge in [-0.05, 0) is 12.5 Å². The standard InChI is InChI=1S/C7H12N2O2/c1-5(2)6(3)4-9(11)7(8)10/h11H,1,3-4H2,2H3,(H2,8,10). The second kappa shape index (κ2) is 3.78. The van der Waals surface area contributed by atoms with Crippen LogP contribution in [0.15, 0.2) is 24.3 Å². The number of urea groups is 1. The Balaban J connectivity index is 3.95. The van der Waals surface area contributed by atoms with Gasteiger partial charge in [-0.15, -0.1) is 0 Å². The Labute approximate surface area is 65.6 Å². The number of nitrogens with zero attached hydrogens (tertiary/aromatic N) is 1. The molecule has 0 aliphatic carbocycles. The number of hydrogen-bond acceptors (Lipinski definition) is 2. The van der Waals surface area contributed by atoms with E-state index in [0.717, 1.165) is 0 Å². The van der Waals surface area contributed by atoms with Gasteiger partial charge in [-0.1, -0.05) is 18.7 Å². The van der Waals surface area contributed by atoms with Gasteiger partial charge in [0.2, 0.25) is 0 Å². The molecular weight excluding hydrogens is 144 g/mol. The molecular formula is C7H12N2O2. The van der Waals surface area contributed by atoms with Gasteiger partial charge in [0.1, 0.15) is 0 Å². The number of carbonyl (C=O) groups is 1. The lowest BCUT2D eigenvalue weighted by molar-refractivity contribution is -0.0305. The summed E-state index contributed by atoms with van der Waals surface area (Å²) in [6.45, 7) is 8.88. The molecule has 0 spiro atoms. The minimum absolute atomic E-state index is 0.00463. The number of primary amides is 1. The molecule has 11 heavy (non-hydrogen) atoms. The van der Waals surface area contributed by atoms with Crippen molar-refractivity contribution < 1.29 is 10.0 Å². The molecule has 0 radical (unpaired) electrons. The van der Waals surface area contributed by atoms with Crippen molar-refractivity contribution in [2.75, 3.05) is 6.54 Å². The molecule has 0 heterocycles. The van der Waals surface area contributed by atoms with Gasteiger partial charge in [-0.2, -0.15) is 0 Å². The number of rotatable bonds is 3. The molecule has 0 rings (SSSR count). The van der Waals surface area contributed by atoms with Gasteiger partial charge >= 0.3 is 6.03 Å². The highest BCUT2D eigenvalue weighted by molar-refractivity contribution is 5.70. The maximum Gasteiger partial charge on any atom is 0.338 e. The van der Waals surface area contributed by atoms with Crippen LogP contribution in [0.3, 0.4) is 0 Å². The van der Waals surface area contributed by atoms with Gasteiger partial charge in [-0.3, -0.25) is 5.21 Å². The van der Waals surface area contributed by atoms with E-state index in [0.29, 0.717) is 16.2 Å². The zero-order valence-electron chi connectivity index (χ0n) is 6.50. The van der Waals surface area contributed by atoms with E-state index in [1.54, 1.807) is 6.92 Å². The van der Waals surface area contributed by atoms with Crippen molar-refractivity contribution in [2.45, 2.75) is 6.92 Å². The van der Waals surface area contributed by atoms with Gasteiger partial charge in [0, 0.05) is 0 Å². The Kier molecular flexibility index (Phi) is 3.33. The minimum atomic E-state index is -0.896. The van der Waals surface area contributed by atoms with Gasteiger partial charge in [0.05, 0.1) is 6.54 Å². The van der Waals surface area contributed by atoms with E-state index in [2.05, 4.69) is 13.2 Å². The van der Waals surface area contributed by atoms with Crippen LogP contribution in [-0.4, -0.2) is 22.8 Å². The van der Waals surface area contributed by atoms with Crippen molar-refractivity contribution in [3.63, 3.8) is 0 Å². The summed E-state index contributed by atoms with van der Waals surface area (Å²) in [4.78, 5) is 10.3. The zero-order chi connectivity index (χ0) is 9.02. The summed E-state index contributed by atoms with van der Waals surface area (Å²) in [5, 5.41) is 9.19. The van der Waals surface area contributed by atoms with Crippen LogP contribution in [0, 0.1) is 0 Å². The summed E-state index contributed by atoms with van der Waals surface area (Å²) in [6.07, 6.45) is 0. The molecule has 0 aliphatic heterocycles. The van der Waals surface area contributed by atoms with Crippen LogP contribution in [0.4, 0.5) is 4.79 Å². The first-order chi connectivity index (χ1) is 4.95. The van der Waals surface area contributed by atoms with Gasteiger partial charge in [0.15, 0.2) is 0 Å². The van der Waals surface area contributed by atoms with Crippen LogP contribution in [0.1, 0.15) is 6.92 Å². The summed E-state index contributed by atoms with van der Waals surface area (Å²) < 4.78 is 0. The van der Waals surface area contributed by atoms with Crippen molar-refractivity contribution in [3.8, 4) is 0 Å². The largest absolute Gasteiger partial charge is 0.350 e. The van der Waals surface area contributed by atoms with Crippen LogP contribution in [0.2, 0.25) is 0 Å². The molecule has 0 saturated heterocycles. The van der Waals surface area contributed by atoms with Gasteiger partial charge in [-0.25, -0.2) is 9.86 Å². The third-order valence-electron chi connectivity index (χ3n) is 1.20. The first kappa shape index (κ1) is 9.71. The summed E-state index contributed by atoms with van der Waals surface area (Å²) in [5.41, 5.74) is 6.04. The Hall–Kier alpha value is -1.29. The van der Waals surface area contributed by atoms with E-state index in [1.165, 1.54) is 0 Å². The molecule has 4 nitrogen and oxygen atoms in total. The van der Waals surface area contributed by atoms with E-state index in [-0.39, 0.29) is 6.54 Å². The third-order valence-corrected chi connectivity index (χ3v) is 1.20. The fourth-order valence-electron chi connectivity index (χ4n) is 0.394. The average molecular weight is 156 g/mol. The first-order valence-electron chi connectivity index (χ1n) is 3.04. The third kappa shape index (κ3) is 3.42. The summed E-state index contributed by atoms with van der Waals surface area (Å²) >= 11 is 0. The van der Waals surface area contributed by atoms with Crippen molar-refractivity contribution >= 4 is 6.03 Å². The molecule has 0 aliphatic rings. The molecule has 0 aromatic carbocycles. The van der Waals surface area contributed by atoms with E-state index in [9.17, 15) is 4.79 Å². The molecule has 0 fully saturated rings. The van der Waals surface area contributed by atoms with Gasteiger partial charge < -0.3 is 5.73 Å². The number of hydrogen-bond donors (Lipinski definition) is 2. The Bertz CT molecular complexity index is 199. The zero-order valence-corrected chi connectivity index (χ0v) is 6.50. The number of hydroxylamine groups is 2. The fourth-order valence-corrected chi connectivity index (χ4v) is 0.394. The number of carbonyl (C=O) groups excluding carboxylic acids is 1. The van der Waals surface area contributed by atoms with Gasteiger partial charge in [0.25, 0.3) is 0 Å². The predicted octanol–water partition coefficient (Wildman–Crippen LogP) is 0.889. The van der Waals surface area contributed by atoms with Crippen LogP contribution < -0.4 is 5.73 Å². The Morgan fingerprint density at radius 1 is 1.64 bits per heavy atom. The quantitative estimate of drug-likeness (QED) is 0.362. The molecule has 0 aromatic rings. The Morgan fingerprint density at radius 2 is 2.09 bits per heavy atom. The summed E-state index contributed by atoms with van der Waals surface area (Å²) in [5.74, 6) is 0. The highest BCUT2D eigenvalue weighted by atomic mass is 16.5. The van der Waals surface area contributed by atoms with E-state index in [1.807, 2.05) is 0 Å². The average Bonchev–Trinajstić information content (AvgIpc) is 1.87. The normalized spacial score (nSPS) is 8.91. The van der Waals surface area contributed by atoms with Crippen molar-refractivity contribution in [1.29, 1.82) is 0 Å². The second-order valence-corrected chi connectivity index (χ2v) is 2.28. The molecule has 0 atom stereocenters. The molecule has 2 amide bonds. The molecule has 62 valence electrons. The topological polar surface area (TPSA) is 66.6 Å². The number of nitrogens with two attached hydrogens (primary N) is 1. The highest BCUT2D eigenvalue weighted by Gasteiger charge is 2.06. The number of amides is 2. The maximum atomic E-state index is 10.3. The highest BCUT2D eigenvalue weighted by Crippen LogP contribution is 2.03. The molecule has 0 saturated carbocycles. The Morgan fingerprint density at radius 3 is 2.36 bits per heavy atom. The molecule has 4 heteroatoms. The van der Waals surface area contributed by atoms with Crippen LogP contribution >= 0.6 is 0 Å². The van der Waals surface area contributed by atoms with Crippen molar-refractivity contribution in [2.24, 2.45) is 5.73 Å². The fraction of sp³-hybridized carbons (Fsp3) is 0.286. The van der Waals surface area contributed by atoms with Crippen molar-refractivity contribution in [3.05, 3.63) is 24.3 Å². The second-order valence-electron chi connectivity index (χ2n) is 2.28. The molecule has 3 N–H and O–H groups in total. The van der Waals surface area contributed by atoms with Crippen LogP contribution in [0.5, 0.6) is 0 Å². The maximum absolute atomic E-state index is 10.3. The molecule has 0 unspecified atom stereocenters. The molecule has 0 aromatic heterocycles. The lowest BCUT2D eigenvalue weighted by Crippen LogP contribution is -2.34. The van der Waals surface area contributed by atoms with E-state index < -0.39 is 6.03 Å². The lowest BCUT2D eigenvalue weighted by Gasteiger charge is -2.13. The minimum Gasteiger partial charge on any atom is -0.350 e. The smallest absolute Gasteiger partial charge is 0.338 e. The van der Waals surface area contributed by atoms with Crippen LogP contribution in [0.25, 0.3) is 0 Å². The molecule has 0 bridgehead atoms. The van der Waals surface area contributed by atoms with Crippen LogP contribution in [-0.2, 0) is 0 Å². The van der Waals surface area contributed by atoms with E-state index in [4.69, 9.17) is 10.9 Å². The summed E-state index contributed by atoms with van der Waals surface area (Å²) in [6, 6.07) is -0.896.